The molecule has 0 saturated carbocycles. The summed E-state index contributed by atoms with van der Waals surface area (Å²) in [6.07, 6.45) is 5.63. The molecule has 13 heavy (non-hydrogen) atoms. The fourth-order valence-corrected chi connectivity index (χ4v) is 2.18. The van der Waals surface area contributed by atoms with Gasteiger partial charge in [-0.3, -0.25) is 0 Å². The van der Waals surface area contributed by atoms with Gasteiger partial charge in [0.05, 0.1) is 0 Å². The Morgan fingerprint density at radius 1 is 1.38 bits per heavy atom. The Hall–Kier alpha value is 0.310. The molecule has 0 aromatic carbocycles. The molecule has 1 aliphatic rings. The first-order valence-corrected chi connectivity index (χ1v) is 6.22. The molecule has 1 saturated heterocycles. The van der Waals surface area contributed by atoms with E-state index in [0.29, 0.717) is 0 Å². The second-order valence-corrected chi connectivity index (χ2v) is 4.85. The molecule has 0 bridgehead atoms. The molecular weight excluding hydrogens is 178 g/mol. The highest BCUT2D eigenvalue weighted by Gasteiger charge is 2.17. The van der Waals surface area contributed by atoms with Gasteiger partial charge in [0.25, 0.3) is 0 Å². The van der Waals surface area contributed by atoms with Crippen molar-refractivity contribution in [3.8, 4) is 0 Å². The van der Waals surface area contributed by atoms with Crippen molar-refractivity contribution in [3.05, 3.63) is 0 Å². The lowest BCUT2D eigenvalue weighted by Crippen LogP contribution is -2.36. The fourth-order valence-electron chi connectivity index (χ4n) is 2.06. The third kappa shape index (κ3) is 3.90. The van der Waals surface area contributed by atoms with E-state index >= 15 is 0 Å². The van der Waals surface area contributed by atoms with Crippen LogP contribution in [0.15, 0.2) is 0 Å². The number of likely N-dealkylation sites (tertiary alicyclic amines) is 1. The zero-order valence-corrected chi connectivity index (χ0v) is 9.89. The van der Waals surface area contributed by atoms with Gasteiger partial charge < -0.3 is 4.90 Å². The molecule has 0 N–H and O–H groups in total. The second-order valence-electron chi connectivity index (χ2n) is 4.48. The maximum Gasteiger partial charge on any atom is 0.00670 e. The average Bonchev–Trinajstić information content (AvgIpc) is 2.32. The third-order valence-corrected chi connectivity index (χ3v) is 3.67. The first-order valence-electron chi connectivity index (χ1n) is 5.59. The molecular formula is C11H23NS. The first kappa shape index (κ1) is 11.4. The summed E-state index contributed by atoms with van der Waals surface area (Å²) in [4.78, 5) is 2.65. The monoisotopic (exact) mass is 201 g/mol. The van der Waals surface area contributed by atoms with Gasteiger partial charge in [0, 0.05) is 12.6 Å². The van der Waals surface area contributed by atoms with E-state index in [1.165, 1.54) is 38.8 Å². The minimum atomic E-state index is 0.740. The van der Waals surface area contributed by atoms with Crippen LogP contribution in [0.3, 0.4) is 0 Å². The van der Waals surface area contributed by atoms with Crippen molar-refractivity contribution in [1.82, 2.24) is 4.90 Å². The zero-order valence-electron chi connectivity index (χ0n) is 9.00. The minimum absolute atomic E-state index is 0.740. The lowest BCUT2D eigenvalue weighted by molar-refractivity contribution is 0.192. The standard InChI is InChI=1S/C11H23NS/c1-10(9-13)8-12-7-5-3-4-6-11(12)2/h10-11,13H,3-9H2,1-2H3. The van der Waals surface area contributed by atoms with Gasteiger partial charge in [-0.25, -0.2) is 0 Å². The fraction of sp³-hybridized carbons (Fsp3) is 1.00. The molecule has 2 atom stereocenters. The van der Waals surface area contributed by atoms with Gasteiger partial charge in [-0.05, 0) is 38.0 Å². The Labute approximate surface area is 88.3 Å². The van der Waals surface area contributed by atoms with E-state index < -0.39 is 0 Å². The van der Waals surface area contributed by atoms with Gasteiger partial charge in [0.2, 0.25) is 0 Å². The Balaban J connectivity index is 2.35. The predicted molar refractivity (Wildman–Crippen MR) is 62.5 cm³/mol. The largest absolute Gasteiger partial charge is 0.300 e. The smallest absolute Gasteiger partial charge is 0.00670 e. The molecule has 0 amide bonds. The number of thiol groups is 1. The Bertz CT molecular complexity index is 138. The number of nitrogens with zero attached hydrogens (tertiary/aromatic N) is 1. The van der Waals surface area contributed by atoms with E-state index in [1.807, 2.05) is 0 Å². The summed E-state index contributed by atoms with van der Waals surface area (Å²) < 4.78 is 0. The van der Waals surface area contributed by atoms with Gasteiger partial charge in [-0.2, -0.15) is 12.6 Å². The summed E-state index contributed by atoms with van der Waals surface area (Å²) >= 11 is 4.34. The molecule has 1 aliphatic heterocycles. The van der Waals surface area contributed by atoms with Crippen LogP contribution in [0.5, 0.6) is 0 Å². The van der Waals surface area contributed by atoms with Crippen LogP contribution in [0, 0.1) is 5.92 Å². The molecule has 78 valence electrons. The molecule has 2 unspecified atom stereocenters. The summed E-state index contributed by atoms with van der Waals surface area (Å²) in [5, 5.41) is 0. The Morgan fingerprint density at radius 2 is 2.15 bits per heavy atom. The van der Waals surface area contributed by atoms with E-state index in [9.17, 15) is 0 Å². The van der Waals surface area contributed by atoms with Crippen molar-refractivity contribution in [2.24, 2.45) is 5.92 Å². The van der Waals surface area contributed by atoms with Crippen molar-refractivity contribution in [1.29, 1.82) is 0 Å². The van der Waals surface area contributed by atoms with Crippen LogP contribution in [0.2, 0.25) is 0 Å². The normalized spacial score (nSPS) is 28.4. The molecule has 1 nitrogen and oxygen atoms in total. The van der Waals surface area contributed by atoms with Crippen molar-refractivity contribution in [3.63, 3.8) is 0 Å². The maximum atomic E-state index is 4.34. The third-order valence-electron chi connectivity index (χ3n) is 3.05. The zero-order chi connectivity index (χ0) is 9.68. The molecule has 1 heterocycles. The quantitative estimate of drug-likeness (QED) is 0.687. The molecule has 1 fully saturated rings. The Morgan fingerprint density at radius 3 is 2.85 bits per heavy atom. The van der Waals surface area contributed by atoms with Crippen LogP contribution < -0.4 is 0 Å². The van der Waals surface area contributed by atoms with Crippen molar-refractivity contribution < 1.29 is 0 Å². The van der Waals surface area contributed by atoms with E-state index in [4.69, 9.17) is 0 Å². The second kappa shape index (κ2) is 5.92. The molecule has 2 heteroatoms. The molecule has 0 aromatic heterocycles. The van der Waals surface area contributed by atoms with Crippen LogP contribution in [0.1, 0.15) is 39.5 Å². The van der Waals surface area contributed by atoms with E-state index in [-0.39, 0.29) is 0 Å². The lowest BCUT2D eigenvalue weighted by Gasteiger charge is -2.29. The topological polar surface area (TPSA) is 3.24 Å². The van der Waals surface area contributed by atoms with Gasteiger partial charge in [-0.1, -0.05) is 19.8 Å². The summed E-state index contributed by atoms with van der Waals surface area (Å²) in [5.74, 6) is 1.76. The van der Waals surface area contributed by atoms with E-state index in [0.717, 1.165) is 17.7 Å². The number of hydrogen-bond acceptors (Lipinski definition) is 2. The van der Waals surface area contributed by atoms with E-state index in [2.05, 4.69) is 31.4 Å². The highest BCUT2D eigenvalue weighted by molar-refractivity contribution is 7.80. The average molecular weight is 201 g/mol. The van der Waals surface area contributed by atoms with Crippen LogP contribution in [-0.2, 0) is 0 Å². The van der Waals surface area contributed by atoms with Crippen LogP contribution in [0.25, 0.3) is 0 Å². The SMILES string of the molecule is CC(CS)CN1CCCCCC1C. The summed E-state index contributed by atoms with van der Waals surface area (Å²) in [7, 11) is 0. The number of rotatable bonds is 3. The lowest BCUT2D eigenvalue weighted by atomic mass is 10.1. The molecule has 0 radical (unpaired) electrons. The molecule has 1 rings (SSSR count). The van der Waals surface area contributed by atoms with Gasteiger partial charge in [0.15, 0.2) is 0 Å². The Kier molecular flexibility index (Phi) is 5.18. The van der Waals surface area contributed by atoms with Crippen LogP contribution in [-0.4, -0.2) is 29.8 Å². The molecule has 0 spiro atoms. The summed E-state index contributed by atoms with van der Waals surface area (Å²) in [6.45, 7) is 7.21. The molecule has 0 aromatic rings. The number of hydrogen-bond donors (Lipinski definition) is 1. The molecule has 0 aliphatic carbocycles. The first-order chi connectivity index (χ1) is 6.24. The maximum absolute atomic E-state index is 4.34. The summed E-state index contributed by atoms with van der Waals surface area (Å²) in [6, 6.07) is 0.796. The van der Waals surface area contributed by atoms with Crippen molar-refractivity contribution in [2.45, 2.75) is 45.6 Å². The van der Waals surface area contributed by atoms with Crippen molar-refractivity contribution in [2.75, 3.05) is 18.8 Å². The van der Waals surface area contributed by atoms with Crippen LogP contribution >= 0.6 is 12.6 Å². The van der Waals surface area contributed by atoms with Crippen LogP contribution in [0.4, 0.5) is 0 Å². The highest BCUT2D eigenvalue weighted by atomic mass is 32.1. The van der Waals surface area contributed by atoms with Gasteiger partial charge in [-0.15, -0.1) is 0 Å². The van der Waals surface area contributed by atoms with Crippen molar-refractivity contribution >= 4 is 12.6 Å². The van der Waals surface area contributed by atoms with E-state index in [1.54, 1.807) is 0 Å². The predicted octanol–water partition coefficient (Wildman–Crippen LogP) is 2.82. The van der Waals surface area contributed by atoms with Gasteiger partial charge in [0.1, 0.15) is 0 Å². The minimum Gasteiger partial charge on any atom is -0.300 e. The highest BCUT2D eigenvalue weighted by Crippen LogP contribution is 2.17. The van der Waals surface area contributed by atoms with Gasteiger partial charge >= 0.3 is 0 Å². The summed E-state index contributed by atoms with van der Waals surface area (Å²) in [5.41, 5.74) is 0.